The van der Waals surface area contributed by atoms with E-state index in [4.69, 9.17) is 0 Å². The maximum atomic E-state index is 12.5. The minimum Gasteiger partial charge on any atom is -0.306 e. The van der Waals surface area contributed by atoms with Crippen molar-refractivity contribution < 1.29 is 8.42 Å². The van der Waals surface area contributed by atoms with Crippen LogP contribution in [0.25, 0.3) is 10.8 Å². The number of nitrogens with one attached hydrogen (secondary N) is 1. The van der Waals surface area contributed by atoms with E-state index in [2.05, 4.69) is 16.7 Å². The Morgan fingerprint density at radius 1 is 1.09 bits per heavy atom. The zero-order valence-corrected chi connectivity index (χ0v) is 14.3. The highest BCUT2D eigenvalue weighted by Crippen LogP contribution is 2.21. The van der Waals surface area contributed by atoms with Gasteiger partial charge in [0.25, 0.3) is 0 Å². The van der Waals surface area contributed by atoms with Crippen LogP contribution < -0.4 is 4.72 Å². The smallest absolute Gasteiger partial charge is 0.240 e. The van der Waals surface area contributed by atoms with Crippen LogP contribution >= 0.6 is 0 Å². The molecule has 0 atom stereocenters. The van der Waals surface area contributed by atoms with Gasteiger partial charge in [0.05, 0.1) is 4.90 Å². The molecule has 3 rings (SSSR count). The lowest BCUT2D eigenvalue weighted by Crippen LogP contribution is -2.32. The molecule has 0 aromatic heterocycles. The SMILES string of the molecule is CN1CCC(CCNS(=O)(=O)c2ccc3ccccc3c2)CC1. The van der Waals surface area contributed by atoms with Gasteiger partial charge in [-0.25, -0.2) is 13.1 Å². The van der Waals surface area contributed by atoms with Crippen molar-refractivity contribution in [3.63, 3.8) is 0 Å². The summed E-state index contributed by atoms with van der Waals surface area (Å²) in [5.74, 6) is 0.630. The zero-order chi connectivity index (χ0) is 16.3. The van der Waals surface area contributed by atoms with Gasteiger partial charge >= 0.3 is 0 Å². The van der Waals surface area contributed by atoms with Crippen LogP contribution in [0.2, 0.25) is 0 Å². The Kier molecular flexibility index (Phi) is 4.99. The van der Waals surface area contributed by atoms with Crippen molar-refractivity contribution in [1.29, 1.82) is 0 Å². The van der Waals surface area contributed by atoms with Gasteiger partial charge in [0, 0.05) is 6.54 Å². The van der Waals surface area contributed by atoms with Gasteiger partial charge < -0.3 is 4.90 Å². The first-order valence-electron chi connectivity index (χ1n) is 8.21. The van der Waals surface area contributed by atoms with E-state index in [0.29, 0.717) is 17.4 Å². The molecule has 1 fully saturated rings. The van der Waals surface area contributed by atoms with E-state index >= 15 is 0 Å². The summed E-state index contributed by atoms with van der Waals surface area (Å²) in [6.07, 6.45) is 3.24. The summed E-state index contributed by atoms with van der Waals surface area (Å²) < 4.78 is 27.7. The van der Waals surface area contributed by atoms with Crippen molar-refractivity contribution in [3.05, 3.63) is 42.5 Å². The molecule has 1 heterocycles. The van der Waals surface area contributed by atoms with Crippen molar-refractivity contribution in [2.45, 2.75) is 24.2 Å². The van der Waals surface area contributed by atoms with E-state index in [1.165, 1.54) is 0 Å². The molecule has 0 aliphatic carbocycles. The predicted molar refractivity (Wildman–Crippen MR) is 94.0 cm³/mol. The molecule has 1 N–H and O–H groups in total. The molecular weight excluding hydrogens is 308 g/mol. The van der Waals surface area contributed by atoms with Crippen molar-refractivity contribution in [2.24, 2.45) is 5.92 Å². The Morgan fingerprint density at radius 2 is 1.78 bits per heavy atom. The summed E-state index contributed by atoms with van der Waals surface area (Å²) in [4.78, 5) is 2.68. The van der Waals surface area contributed by atoms with Gasteiger partial charge in [-0.1, -0.05) is 30.3 Å². The van der Waals surface area contributed by atoms with E-state index in [9.17, 15) is 8.42 Å². The third kappa shape index (κ3) is 4.10. The molecule has 0 amide bonds. The fourth-order valence-corrected chi connectivity index (χ4v) is 4.25. The molecule has 5 heteroatoms. The maximum Gasteiger partial charge on any atom is 0.240 e. The number of piperidine rings is 1. The minimum atomic E-state index is -3.42. The van der Waals surface area contributed by atoms with Gasteiger partial charge in [-0.3, -0.25) is 0 Å². The summed E-state index contributed by atoms with van der Waals surface area (Å²) in [6.45, 7) is 2.74. The third-order valence-electron chi connectivity index (χ3n) is 4.71. The van der Waals surface area contributed by atoms with E-state index in [1.54, 1.807) is 12.1 Å². The van der Waals surface area contributed by atoms with Gasteiger partial charge in [-0.2, -0.15) is 0 Å². The second-order valence-corrected chi connectivity index (χ2v) is 8.21. The van der Waals surface area contributed by atoms with Crippen LogP contribution in [0.15, 0.2) is 47.4 Å². The Morgan fingerprint density at radius 3 is 2.52 bits per heavy atom. The van der Waals surface area contributed by atoms with Crippen LogP contribution in [-0.4, -0.2) is 40.0 Å². The Labute approximate surface area is 138 Å². The third-order valence-corrected chi connectivity index (χ3v) is 6.17. The standard InChI is InChI=1S/C18H24N2O2S/c1-20-12-9-15(10-13-20)8-11-19-23(21,22)18-7-6-16-4-2-3-5-17(16)14-18/h2-7,14-15,19H,8-13H2,1H3. The number of hydrogen-bond acceptors (Lipinski definition) is 3. The van der Waals surface area contributed by atoms with Crippen LogP contribution in [0.1, 0.15) is 19.3 Å². The van der Waals surface area contributed by atoms with Crippen molar-refractivity contribution in [3.8, 4) is 0 Å². The fraction of sp³-hybridized carbons (Fsp3) is 0.444. The highest BCUT2D eigenvalue weighted by molar-refractivity contribution is 7.89. The number of hydrogen-bond donors (Lipinski definition) is 1. The second-order valence-electron chi connectivity index (χ2n) is 6.44. The fourth-order valence-electron chi connectivity index (χ4n) is 3.17. The lowest BCUT2D eigenvalue weighted by Gasteiger charge is -2.28. The summed E-state index contributed by atoms with van der Waals surface area (Å²) >= 11 is 0. The van der Waals surface area contributed by atoms with Gasteiger partial charge in [0.2, 0.25) is 10.0 Å². The van der Waals surface area contributed by atoms with Gasteiger partial charge in [-0.05, 0) is 68.2 Å². The maximum absolute atomic E-state index is 12.5. The van der Waals surface area contributed by atoms with Crippen LogP contribution in [0.3, 0.4) is 0 Å². The van der Waals surface area contributed by atoms with Gasteiger partial charge in [-0.15, -0.1) is 0 Å². The Balaban J connectivity index is 1.61. The molecule has 2 aromatic carbocycles. The number of nitrogens with zero attached hydrogens (tertiary/aromatic N) is 1. The normalized spacial score (nSPS) is 17.6. The Hall–Kier alpha value is -1.43. The van der Waals surface area contributed by atoms with E-state index < -0.39 is 10.0 Å². The van der Waals surface area contributed by atoms with Crippen LogP contribution in [-0.2, 0) is 10.0 Å². The quantitative estimate of drug-likeness (QED) is 0.916. The average molecular weight is 332 g/mol. The first kappa shape index (κ1) is 16.4. The molecule has 1 aliphatic rings. The predicted octanol–water partition coefficient (Wildman–Crippen LogP) is 2.85. The molecule has 0 spiro atoms. The average Bonchev–Trinajstić information content (AvgIpc) is 2.56. The van der Waals surface area contributed by atoms with Crippen LogP contribution in [0.5, 0.6) is 0 Å². The van der Waals surface area contributed by atoms with E-state index in [0.717, 1.165) is 43.1 Å². The van der Waals surface area contributed by atoms with Crippen molar-refractivity contribution >= 4 is 20.8 Å². The van der Waals surface area contributed by atoms with Gasteiger partial charge in [0.1, 0.15) is 0 Å². The highest BCUT2D eigenvalue weighted by atomic mass is 32.2. The lowest BCUT2D eigenvalue weighted by atomic mass is 9.94. The molecule has 23 heavy (non-hydrogen) atoms. The largest absolute Gasteiger partial charge is 0.306 e. The first-order chi connectivity index (χ1) is 11.0. The molecule has 124 valence electrons. The molecule has 0 radical (unpaired) electrons. The number of sulfonamides is 1. The molecule has 0 saturated carbocycles. The summed E-state index contributed by atoms with van der Waals surface area (Å²) in [7, 11) is -1.29. The summed E-state index contributed by atoms with van der Waals surface area (Å²) in [5, 5.41) is 2.00. The molecule has 1 aliphatic heterocycles. The molecule has 4 nitrogen and oxygen atoms in total. The van der Waals surface area contributed by atoms with Crippen molar-refractivity contribution in [2.75, 3.05) is 26.7 Å². The highest BCUT2D eigenvalue weighted by Gasteiger charge is 2.18. The summed E-state index contributed by atoms with van der Waals surface area (Å²) in [6, 6.07) is 13.1. The van der Waals surface area contributed by atoms with E-state index in [-0.39, 0.29) is 0 Å². The number of benzene rings is 2. The number of rotatable bonds is 5. The molecule has 1 saturated heterocycles. The summed E-state index contributed by atoms with van der Waals surface area (Å²) in [5.41, 5.74) is 0. The van der Waals surface area contributed by atoms with Crippen LogP contribution in [0.4, 0.5) is 0 Å². The molecular formula is C18H24N2O2S. The van der Waals surface area contributed by atoms with E-state index in [1.807, 2.05) is 30.3 Å². The lowest BCUT2D eigenvalue weighted by molar-refractivity contribution is 0.213. The first-order valence-corrected chi connectivity index (χ1v) is 9.70. The Bertz CT molecular complexity index is 765. The topological polar surface area (TPSA) is 49.4 Å². The second kappa shape index (κ2) is 6.99. The minimum absolute atomic E-state index is 0.347. The van der Waals surface area contributed by atoms with Crippen LogP contribution in [0, 0.1) is 5.92 Å². The zero-order valence-electron chi connectivity index (χ0n) is 13.5. The molecule has 0 bridgehead atoms. The van der Waals surface area contributed by atoms with Gasteiger partial charge in [0.15, 0.2) is 0 Å². The molecule has 0 unspecified atom stereocenters. The van der Waals surface area contributed by atoms with Crippen molar-refractivity contribution in [1.82, 2.24) is 9.62 Å². The number of likely N-dealkylation sites (tertiary alicyclic amines) is 1. The molecule has 2 aromatic rings. The monoisotopic (exact) mass is 332 g/mol. The number of fused-ring (bicyclic) bond motifs is 1.